The van der Waals surface area contributed by atoms with Crippen molar-refractivity contribution in [1.82, 2.24) is 0 Å². The van der Waals surface area contributed by atoms with Crippen molar-refractivity contribution in [2.24, 2.45) is 5.41 Å². The first kappa shape index (κ1) is 9.09. The lowest BCUT2D eigenvalue weighted by molar-refractivity contribution is -0.164. The Morgan fingerprint density at radius 1 is 1.58 bits per heavy atom. The number of carboxylic acid groups (broad SMARTS) is 1. The first-order valence-corrected chi connectivity index (χ1v) is 3.49. The Hall–Kier alpha value is -1.00. The fraction of sp³-hybridized carbons (Fsp3) is 0.714. The van der Waals surface area contributed by atoms with Gasteiger partial charge in [-0.15, -0.1) is 0 Å². The summed E-state index contributed by atoms with van der Waals surface area (Å²) < 4.78 is 23.7. The van der Waals surface area contributed by atoms with E-state index in [-0.39, 0.29) is 18.6 Å². The van der Waals surface area contributed by atoms with Crippen LogP contribution in [0.25, 0.3) is 0 Å². The first-order chi connectivity index (χ1) is 5.46. The Morgan fingerprint density at radius 2 is 2.08 bits per heavy atom. The van der Waals surface area contributed by atoms with Gasteiger partial charge in [-0.2, -0.15) is 0 Å². The zero-order valence-corrected chi connectivity index (χ0v) is 6.22. The van der Waals surface area contributed by atoms with E-state index in [0.717, 1.165) is 0 Å². The molecule has 0 heterocycles. The fourth-order valence-electron chi connectivity index (χ4n) is 1.38. The minimum Gasteiger partial charge on any atom is -0.481 e. The molecule has 1 aliphatic carbocycles. The molecule has 12 heavy (non-hydrogen) atoms. The second-order valence-corrected chi connectivity index (χ2v) is 3.07. The summed E-state index contributed by atoms with van der Waals surface area (Å²) in [5, 5.41) is 8.56. The molecule has 0 atom stereocenters. The summed E-state index contributed by atoms with van der Waals surface area (Å²) in [6, 6.07) is 0. The average molecular weight is 178 g/mol. The number of Topliss-reactive ketones (excluding diaryl/α,β-unsaturated/α-hetero) is 1. The second-order valence-electron chi connectivity index (χ2n) is 3.07. The van der Waals surface area contributed by atoms with Crippen LogP contribution in [-0.2, 0) is 9.59 Å². The predicted molar refractivity (Wildman–Crippen MR) is 34.9 cm³/mol. The number of halogens is 2. The Balaban J connectivity index is 2.63. The van der Waals surface area contributed by atoms with Gasteiger partial charge in [-0.1, -0.05) is 0 Å². The largest absolute Gasteiger partial charge is 0.481 e. The van der Waals surface area contributed by atoms with Crippen molar-refractivity contribution >= 4 is 11.8 Å². The van der Waals surface area contributed by atoms with Gasteiger partial charge in [0.2, 0.25) is 6.43 Å². The zero-order chi connectivity index (χ0) is 9.35. The first-order valence-electron chi connectivity index (χ1n) is 3.49. The topological polar surface area (TPSA) is 54.4 Å². The highest BCUT2D eigenvalue weighted by Crippen LogP contribution is 2.43. The van der Waals surface area contributed by atoms with Crippen molar-refractivity contribution in [3.8, 4) is 0 Å². The Bertz CT molecular complexity index is 217. The van der Waals surface area contributed by atoms with Crippen LogP contribution in [0.5, 0.6) is 0 Å². The molecular formula is C7H8F2O3. The molecule has 0 saturated heterocycles. The molecule has 68 valence electrons. The van der Waals surface area contributed by atoms with E-state index in [1.807, 2.05) is 0 Å². The third-order valence-electron chi connectivity index (χ3n) is 2.07. The van der Waals surface area contributed by atoms with Crippen LogP contribution >= 0.6 is 0 Å². The normalized spacial score (nSPS) is 20.8. The van der Waals surface area contributed by atoms with Crippen LogP contribution in [0.15, 0.2) is 0 Å². The smallest absolute Gasteiger partial charge is 0.310 e. The van der Waals surface area contributed by atoms with Gasteiger partial charge in [-0.3, -0.25) is 9.59 Å². The lowest BCUT2D eigenvalue weighted by Gasteiger charge is -2.35. The van der Waals surface area contributed by atoms with Gasteiger partial charge >= 0.3 is 5.97 Å². The molecule has 1 aliphatic rings. The predicted octanol–water partition coefficient (Wildman–Crippen LogP) is 1.08. The van der Waals surface area contributed by atoms with Crippen LogP contribution in [0.3, 0.4) is 0 Å². The van der Waals surface area contributed by atoms with Crippen LogP contribution < -0.4 is 0 Å². The van der Waals surface area contributed by atoms with E-state index in [1.54, 1.807) is 0 Å². The molecule has 0 aromatic rings. The molecule has 0 bridgehead atoms. The van der Waals surface area contributed by atoms with Crippen LogP contribution in [0.2, 0.25) is 0 Å². The minimum absolute atomic E-state index is 0.243. The zero-order valence-electron chi connectivity index (χ0n) is 6.22. The fourth-order valence-corrected chi connectivity index (χ4v) is 1.38. The van der Waals surface area contributed by atoms with Crippen molar-refractivity contribution in [1.29, 1.82) is 0 Å². The maximum atomic E-state index is 11.9. The molecule has 3 nitrogen and oxygen atoms in total. The number of alkyl halides is 2. The number of carbonyl (C=O) groups excluding carboxylic acids is 1. The van der Waals surface area contributed by atoms with Crippen molar-refractivity contribution < 1.29 is 23.5 Å². The molecule has 0 aromatic heterocycles. The second kappa shape index (κ2) is 2.80. The Kier molecular flexibility index (Phi) is 2.12. The number of carbonyl (C=O) groups is 2. The lowest BCUT2D eigenvalue weighted by atomic mass is 9.66. The molecule has 0 aromatic carbocycles. The molecule has 5 heteroatoms. The molecule has 0 amide bonds. The summed E-state index contributed by atoms with van der Waals surface area (Å²) >= 11 is 0. The maximum Gasteiger partial charge on any atom is 0.310 e. The molecular weight excluding hydrogens is 170 g/mol. The van der Waals surface area contributed by atoms with Gasteiger partial charge in [0.1, 0.15) is 5.78 Å². The van der Waals surface area contributed by atoms with Crippen molar-refractivity contribution in [2.75, 3.05) is 0 Å². The van der Waals surface area contributed by atoms with E-state index < -0.39 is 24.2 Å². The number of rotatable bonds is 3. The molecule has 0 aliphatic heterocycles. The highest BCUT2D eigenvalue weighted by Gasteiger charge is 2.51. The van der Waals surface area contributed by atoms with Gasteiger partial charge in [-0.25, -0.2) is 8.78 Å². The summed E-state index contributed by atoms with van der Waals surface area (Å²) in [5.74, 6) is -1.54. The quantitative estimate of drug-likeness (QED) is 0.703. The monoisotopic (exact) mass is 178 g/mol. The molecule has 0 radical (unpaired) electrons. The lowest BCUT2D eigenvalue weighted by Crippen LogP contribution is -2.45. The number of hydrogen-bond acceptors (Lipinski definition) is 2. The van der Waals surface area contributed by atoms with E-state index in [2.05, 4.69) is 0 Å². The Morgan fingerprint density at radius 3 is 2.33 bits per heavy atom. The SMILES string of the molecule is O=C1CC(CC(F)F)(C(=O)O)C1. The summed E-state index contributed by atoms with van der Waals surface area (Å²) in [6.45, 7) is 0. The third kappa shape index (κ3) is 1.44. The van der Waals surface area contributed by atoms with Crippen LogP contribution in [-0.4, -0.2) is 23.3 Å². The third-order valence-corrected chi connectivity index (χ3v) is 2.07. The van der Waals surface area contributed by atoms with E-state index in [0.29, 0.717) is 0 Å². The molecule has 0 spiro atoms. The number of ketones is 1. The summed E-state index contributed by atoms with van der Waals surface area (Å²) in [4.78, 5) is 21.0. The van der Waals surface area contributed by atoms with Gasteiger partial charge < -0.3 is 5.11 Å². The average Bonchev–Trinajstić information content (AvgIpc) is 1.81. The van der Waals surface area contributed by atoms with Gasteiger partial charge in [0, 0.05) is 19.3 Å². The Labute approximate surface area is 67.4 Å². The van der Waals surface area contributed by atoms with Gasteiger partial charge in [0.25, 0.3) is 0 Å². The number of carboxylic acids is 1. The van der Waals surface area contributed by atoms with Gasteiger partial charge in [0.05, 0.1) is 5.41 Å². The highest BCUT2D eigenvalue weighted by molar-refractivity contribution is 5.96. The van der Waals surface area contributed by atoms with E-state index in [4.69, 9.17) is 5.11 Å². The van der Waals surface area contributed by atoms with E-state index in [1.165, 1.54) is 0 Å². The standard InChI is InChI=1S/C7H8F2O3/c8-5(9)3-7(6(11)12)1-4(10)2-7/h5H,1-3H2,(H,11,12). The van der Waals surface area contributed by atoms with Gasteiger partial charge in [-0.05, 0) is 0 Å². The maximum absolute atomic E-state index is 11.9. The van der Waals surface area contributed by atoms with Crippen molar-refractivity contribution in [2.45, 2.75) is 25.7 Å². The van der Waals surface area contributed by atoms with Crippen molar-refractivity contribution in [3.05, 3.63) is 0 Å². The molecule has 1 fully saturated rings. The minimum atomic E-state index is -2.66. The number of hydrogen-bond donors (Lipinski definition) is 1. The molecule has 0 unspecified atom stereocenters. The van der Waals surface area contributed by atoms with E-state index >= 15 is 0 Å². The van der Waals surface area contributed by atoms with Crippen LogP contribution in [0, 0.1) is 5.41 Å². The van der Waals surface area contributed by atoms with Crippen LogP contribution in [0.1, 0.15) is 19.3 Å². The molecule has 1 saturated carbocycles. The van der Waals surface area contributed by atoms with E-state index in [9.17, 15) is 18.4 Å². The summed E-state index contributed by atoms with van der Waals surface area (Å²) in [6.07, 6.45) is -3.86. The molecule has 1 N–H and O–H groups in total. The number of aliphatic carboxylic acids is 1. The summed E-state index contributed by atoms with van der Waals surface area (Å²) in [7, 11) is 0. The van der Waals surface area contributed by atoms with Crippen molar-refractivity contribution in [3.63, 3.8) is 0 Å². The highest BCUT2D eigenvalue weighted by atomic mass is 19.3. The summed E-state index contributed by atoms with van der Waals surface area (Å²) in [5.41, 5.74) is -1.47. The van der Waals surface area contributed by atoms with Crippen LogP contribution in [0.4, 0.5) is 8.78 Å². The molecule has 1 rings (SSSR count). The van der Waals surface area contributed by atoms with Gasteiger partial charge in [0.15, 0.2) is 0 Å².